The van der Waals surface area contributed by atoms with E-state index in [0.29, 0.717) is 0 Å². The SMILES string of the molecule is O=C1[C@H](O)[C@H](c2ccccc2)N1c1ccccc1. The molecule has 0 bridgehead atoms. The Labute approximate surface area is 105 Å². The molecule has 0 aromatic heterocycles. The largest absolute Gasteiger partial charge is 0.381 e. The Morgan fingerprint density at radius 1 is 0.889 bits per heavy atom. The Morgan fingerprint density at radius 3 is 2.06 bits per heavy atom. The molecular weight excluding hydrogens is 226 g/mol. The summed E-state index contributed by atoms with van der Waals surface area (Å²) in [5.74, 6) is -0.241. The molecule has 1 N–H and O–H groups in total. The molecule has 0 radical (unpaired) electrons. The molecule has 3 rings (SSSR count). The second-order valence-electron chi connectivity index (χ2n) is 4.34. The van der Waals surface area contributed by atoms with Crippen LogP contribution in [0, 0.1) is 0 Å². The number of carbonyl (C=O) groups is 1. The predicted octanol–water partition coefficient (Wildman–Crippen LogP) is 2.14. The summed E-state index contributed by atoms with van der Waals surface area (Å²) in [6, 6.07) is 18.7. The molecule has 2 aromatic rings. The van der Waals surface area contributed by atoms with Crippen LogP contribution in [0.4, 0.5) is 5.69 Å². The van der Waals surface area contributed by atoms with E-state index in [4.69, 9.17) is 0 Å². The van der Waals surface area contributed by atoms with Gasteiger partial charge >= 0.3 is 0 Å². The highest BCUT2D eigenvalue weighted by atomic mass is 16.3. The van der Waals surface area contributed by atoms with Crippen LogP contribution in [0.2, 0.25) is 0 Å². The monoisotopic (exact) mass is 239 g/mol. The lowest BCUT2D eigenvalue weighted by Crippen LogP contribution is -2.59. The van der Waals surface area contributed by atoms with Gasteiger partial charge in [0, 0.05) is 5.69 Å². The highest BCUT2D eigenvalue weighted by Crippen LogP contribution is 2.38. The van der Waals surface area contributed by atoms with Crippen molar-refractivity contribution in [3.8, 4) is 0 Å². The Bertz CT molecular complexity index is 553. The number of amides is 1. The van der Waals surface area contributed by atoms with Gasteiger partial charge in [0.1, 0.15) is 0 Å². The zero-order valence-electron chi connectivity index (χ0n) is 9.73. The Hall–Kier alpha value is -2.13. The number of hydrogen-bond donors (Lipinski definition) is 1. The molecule has 0 saturated carbocycles. The minimum atomic E-state index is -0.937. The molecule has 1 aliphatic heterocycles. The van der Waals surface area contributed by atoms with Crippen molar-refractivity contribution in [1.82, 2.24) is 0 Å². The van der Waals surface area contributed by atoms with Gasteiger partial charge in [-0.1, -0.05) is 48.5 Å². The Kier molecular flexibility index (Phi) is 2.61. The summed E-state index contributed by atoms with van der Waals surface area (Å²) >= 11 is 0. The summed E-state index contributed by atoms with van der Waals surface area (Å²) in [6.07, 6.45) is -0.937. The van der Waals surface area contributed by atoms with Crippen LogP contribution in [0.1, 0.15) is 11.6 Å². The van der Waals surface area contributed by atoms with Crippen molar-refractivity contribution in [3.63, 3.8) is 0 Å². The van der Waals surface area contributed by atoms with Gasteiger partial charge in [-0.2, -0.15) is 0 Å². The van der Waals surface area contributed by atoms with Crippen LogP contribution >= 0.6 is 0 Å². The second-order valence-corrected chi connectivity index (χ2v) is 4.34. The fraction of sp³-hybridized carbons (Fsp3) is 0.133. The molecule has 0 unspecified atom stereocenters. The van der Waals surface area contributed by atoms with Crippen LogP contribution in [0.3, 0.4) is 0 Å². The van der Waals surface area contributed by atoms with Gasteiger partial charge in [0.2, 0.25) is 0 Å². The Morgan fingerprint density at radius 2 is 1.44 bits per heavy atom. The summed E-state index contributed by atoms with van der Waals surface area (Å²) in [5.41, 5.74) is 1.77. The normalized spacial score (nSPS) is 22.7. The fourth-order valence-electron chi connectivity index (χ4n) is 2.33. The van der Waals surface area contributed by atoms with Gasteiger partial charge < -0.3 is 5.11 Å². The summed E-state index contributed by atoms with van der Waals surface area (Å²) in [5, 5.41) is 9.87. The minimum absolute atomic E-state index is 0.241. The van der Waals surface area contributed by atoms with E-state index in [1.807, 2.05) is 60.7 Å². The van der Waals surface area contributed by atoms with E-state index in [-0.39, 0.29) is 11.9 Å². The predicted molar refractivity (Wildman–Crippen MR) is 69.1 cm³/mol. The molecule has 1 saturated heterocycles. The van der Waals surface area contributed by atoms with Gasteiger partial charge in [0.05, 0.1) is 6.04 Å². The number of β-lactam (4-membered cyclic amide) rings is 1. The van der Waals surface area contributed by atoms with Crippen molar-refractivity contribution in [2.45, 2.75) is 12.1 Å². The van der Waals surface area contributed by atoms with Gasteiger partial charge in [-0.15, -0.1) is 0 Å². The smallest absolute Gasteiger partial charge is 0.259 e. The third-order valence-corrected chi connectivity index (χ3v) is 3.24. The molecule has 90 valence electrons. The van der Waals surface area contributed by atoms with E-state index >= 15 is 0 Å². The third kappa shape index (κ3) is 1.60. The maximum absolute atomic E-state index is 11.8. The average molecular weight is 239 g/mol. The van der Waals surface area contributed by atoms with E-state index in [1.165, 1.54) is 0 Å². The molecule has 3 nitrogen and oxygen atoms in total. The van der Waals surface area contributed by atoms with Gasteiger partial charge in [0.15, 0.2) is 6.10 Å². The molecule has 3 heteroatoms. The number of aliphatic hydroxyl groups is 1. The van der Waals surface area contributed by atoms with Crippen LogP contribution in [0.15, 0.2) is 60.7 Å². The molecule has 1 aliphatic rings. The molecule has 0 spiro atoms. The summed E-state index contributed by atoms with van der Waals surface area (Å²) in [6.45, 7) is 0. The number of hydrogen-bond acceptors (Lipinski definition) is 2. The van der Waals surface area contributed by atoms with E-state index in [0.717, 1.165) is 11.3 Å². The zero-order chi connectivity index (χ0) is 12.5. The maximum Gasteiger partial charge on any atom is 0.259 e. The molecule has 1 fully saturated rings. The number of rotatable bonds is 2. The molecule has 2 atom stereocenters. The van der Waals surface area contributed by atoms with Crippen molar-refractivity contribution in [2.75, 3.05) is 4.90 Å². The molecule has 2 aromatic carbocycles. The van der Waals surface area contributed by atoms with Gasteiger partial charge in [-0.3, -0.25) is 9.69 Å². The quantitative estimate of drug-likeness (QED) is 0.816. The number of para-hydroxylation sites is 1. The van der Waals surface area contributed by atoms with Gasteiger partial charge in [0.25, 0.3) is 5.91 Å². The molecule has 18 heavy (non-hydrogen) atoms. The van der Waals surface area contributed by atoms with Crippen LogP contribution in [0.5, 0.6) is 0 Å². The zero-order valence-corrected chi connectivity index (χ0v) is 9.73. The van der Waals surface area contributed by atoms with E-state index in [9.17, 15) is 9.90 Å². The van der Waals surface area contributed by atoms with Gasteiger partial charge in [-0.25, -0.2) is 0 Å². The third-order valence-electron chi connectivity index (χ3n) is 3.24. The topological polar surface area (TPSA) is 40.5 Å². The van der Waals surface area contributed by atoms with E-state index in [1.54, 1.807) is 4.90 Å². The lowest BCUT2D eigenvalue weighted by Gasteiger charge is -2.44. The first-order valence-electron chi connectivity index (χ1n) is 5.90. The summed E-state index contributed by atoms with van der Waals surface area (Å²) in [7, 11) is 0. The summed E-state index contributed by atoms with van der Waals surface area (Å²) in [4.78, 5) is 13.5. The standard InChI is InChI=1S/C15H13NO2/c17-14-13(11-7-3-1-4-8-11)16(15(14)18)12-9-5-2-6-10-12/h1-10,13-14,17H/t13-,14+/m0/s1. The van der Waals surface area contributed by atoms with E-state index in [2.05, 4.69) is 0 Å². The van der Waals surface area contributed by atoms with Crippen molar-refractivity contribution < 1.29 is 9.90 Å². The first kappa shape index (κ1) is 11.0. The number of benzene rings is 2. The molecular formula is C15H13NO2. The van der Waals surface area contributed by atoms with Crippen molar-refractivity contribution in [1.29, 1.82) is 0 Å². The van der Waals surface area contributed by atoms with E-state index < -0.39 is 6.10 Å². The maximum atomic E-state index is 11.8. The van der Waals surface area contributed by atoms with Gasteiger partial charge in [-0.05, 0) is 17.7 Å². The Balaban J connectivity index is 1.97. The van der Waals surface area contributed by atoms with Crippen LogP contribution < -0.4 is 4.90 Å². The fourth-order valence-corrected chi connectivity index (χ4v) is 2.33. The molecule has 1 heterocycles. The highest BCUT2D eigenvalue weighted by Gasteiger charge is 2.47. The summed E-state index contributed by atoms with van der Waals surface area (Å²) < 4.78 is 0. The van der Waals surface area contributed by atoms with Crippen LogP contribution in [-0.4, -0.2) is 17.1 Å². The number of carbonyl (C=O) groups excluding carboxylic acids is 1. The molecule has 1 amide bonds. The first-order valence-corrected chi connectivity index (χ1v) is 5.90. The van der Waals surface area contributed by atoms with Crippen LogP contribution in [-0.2, 0) is 4.79 Å². The minimum Gasteiger partial charge on any atom is -0.381 e. The lowest BCUT2D eigenvalue weighted by molar-refractivity contribution is -0.137. The number of nitrogens with zero attached hydrogens (tertiary/aromatic N) is 1. The average Bonchev–Trinajstić information content (AvgIpc) is 2.45. The second kappa shape index (κ2) is 4.27. The van der Waals surface area contributed by atoms with Crippen molar-refractivity contribution in [2.24, 2.45) is 0 Å². The number of anilines is 1. The van der Waals surface area contributed by atoms with Crippen molar-refractivity contribution >= 4 is 11.6 Å². The highest BCUT2D eigenvalue weighted by molar-refractivity contribution is 6.04. The lowest BCUT2D eigenvalue weighted by atomic mass is 9.90. The number of aliphatic hydroxyl groups excluding tert-OH is 1. The van der Waals surface area contributed by atoms with Crippen molar-refractivity contribution in [3.05, 3.63) is 66.2 Å². The van der Waals surface area contributed by atoms with Crippen LogP contribution in [0.25, 0.3) is 0 Å². The molecule has 0 aliphatic carbocycles. The first-order chi connectivity index (χ1) is 8.79.